The fourth-order valence-electron chi connectivity index (χ4n) is 2.50. The molecule has 0 saturated heterocycles. The molecule has 0 aliphatic heterocycles. The van der Waals surface area contributed by atoms with E-state index in [0.29, 0.717) is 13.0 Å². The zero-order valence-corrected chi connectivity index (χ0v) is 10.6. The molecule has 1 aliphatic rings. The summed E-state index contributed by atoms with van der Waals surface area (Å²) in [5, 5.41) is 35.7. The van der Waals surface area contributed by atoms with Crippen LogP contribution in [0.5, 0.6) is 0 Å². The van der Waals surface area contributed by atoms with Crippen LogP contribution in [0.25, 0.3) is 0 Å². The molecule has 1 aromatic heterocycles. The van der Waals surface area contributed by atoms with Gasteiger partial charge in [0.2, 0.25) is 0 Å². The van der Waals surface area contributed by atoms with Gasteiger partial charge in [-0.1, -0.05) is 5.16 Å². The van der Waals surface area contributed by atoms with E-state index >= 15 is 0 Å². The predicted octanol–water partition coefficient (Wildman–Crippen LogP) is -0.516. The number of aliphatic hydroxyl groups is 3. The van der Waals surface area contributed by atoms with E-state index < -0.39 is 12.2 Å². The van der Waals surface area contributed by atoms with Crippen LogP contribution in [-0.2, 0) is 6.54 Å². The number of nitrogens with zero attached hydrogens (tertiary/aromatic N) is 1. The topological polar surface area (TPSA) is 98.8 Å². The first kappa shape index (κ1) is 13.5. The Hall–Kier alpha value is -0.950. The van der Waals surface area contributed by atoms with Gasteiger partial charge in [0.15, 0.2) is 0 Å². The largest absolute Gasteiger partial charge is 0.396 e. The molecule has 1 saturated carbocycles. The van der Waals surface area contributed by atoms with E-state index in [1.54, 1.807) is 0 Å². The first-order valence-electron chi connectivity index (χ1n) is 6.16. The molecule has 4 atom stereocenters. The second-order valence-corrected chi connectivity index (χ2v) is 4.95. The lowest BCUT2D eigenvalue weighted by atomic mass is 10.1. The van der Waals surface area contributed by atoms with Gasteiger partial charge in [0, 0.05) is 30.7 Å². The quantitative estimate of drug-likeness (QED) is 0.579. The van der Waals surface area contributed by atoms with Crippen LogP contribution in [-0.4, -0.2) is 45.3 Å². The van der Waals surface area contributed by atoms with Crippen molar-refractivity contribution in [3.05, 3.63) is 17.0 Å². The molecule has 2 rings (SSSR count). The van der Waals surface area contributed by atoms with Crippen molar-refractivity contribution in [2.24, 2.45) is 5.92 Å². The Bertz CT molecular complexity index is 387. The molecule has 102 valence electrons. The van der Waals surface area contributed by atoms with Crippen molar-refractivity contribution in [3.63, 3.8) is 0 Å². The maximum Gasteiger partial charge on any atom is 0.138 e. The molecule has 0 spiro atoms. The zero-order valence-electron chi connectivity index (χ0n) is 10.6. The SMILES string of the molecule is Cc1noc(C)c1CN[C@@H]1C[C@H](CO)[C@@H](O)[C@H]1O. The monoisotopic (exact) mass is 256 g/mol. The van der Waals surface area contributed by atoms with Crippen molar-refractivity contribution in [1.82, 2.24) is 10.5 Å². The molecule has 6 heteroatoms. The van der Waals surface area contributed by atoms with Crippen molar-refractivity contribution in [1.29, 1.82) is 0 Å². The molecular weight excluding hydrogens is 236 g/mol. The molecule has 0 radical (unpaired) electrons. The summed E-state index contributed by atoms with van der Waals surface area (Å²) in [5.41, 5.74) is 1.80. The molecule has 18 heavy (non-hydrogen) atoms. The van der Waals surface area contributed by atoms with Crippen LogP contribution in [0, 0.1) is 19.8 Å². The fraction of sp³-hybridized carbons (Fsp3) is 0.750. The lowest BCUT2D eigenvalue weighted by Crippen LogP contribution is -2.39. The average Bonchev–Trinajstić information content (AvgIpc) is 2.81. The summed E-state index contributed by atoms with van der Waals surface area (Å²) in [4.78, 5) is 0. The highest BCUT2D eigenvalue weighted by Gasteiger charge is 2.40. The van der Waals surface area contributed by atoms with Crippen LogP contribution in [0.3, 0.4) is 0 Å². The minimum Gasteiger partial charge on any atom is -0.396 e. The van der Waals surface area contributed by atoms with Crippen LogP contribution in [0.2, 0.25) is 0 Å². The summed E-state index contributed by atoms with van der Waals surface area (Å²) >= 11 is 0. The highest BCUT2D eigenvalue weighted by Crippen LogP contribution is 2.26. The second kappa shape index (κ2) is 5.36. The van der Waals surface area contributed by atoms with Gasteiger partial charge in [0.25, 0.3) is 0 Å². The van der Waals surface area contributed by atoms with Crippen molar-refractivity contribution in [2.45, 2.75) is 45.1 Å². The minimum atomic E-state index is -0.864. The van der Waals surface area contributed by atoms with Gasteiger partial charge in [-0.2, -0.15) is 0 Å². The van der Waals surface area contributed by atoms with E-state index in [9.17, 15) is 10.2 Å². The summed E-state index contributed by atoms with van der Waals surface area (Å²) < 4.78 is 5.06. The third-order valence-corrected chi connectivity index (χ3v) is 3.76. The van der Waals surface area contributed by atoms with Gasteiger partial charge in [-0.05, 0) is 20.3 Å². The summed E-state index contributed by atoms with van der Waals surface area (Å²) in [6, 6.07) is -0.217. The number of rotatable bonds is 4. The Morgan fingerprint density at radius 3 is 2.56 bits per heavy atom. The van der Waals surface area contributed by atoms with Gasteiger partial charge < -0.3 is 25.2 Å². The molecular formula is C12H20N2O4. The normalized spacial score (nSPS) is 32.1. The minimum absolute atomic E-state index is 0.109. The van der Waals surface area contributed by atoms with Gasteiger partial charge >= 0.3 is 0 Å². The lowest BCUT2D eigenvalue weighted by molar-refractivity contribution is -0.000347. The van der Waals surface area contributed by atoms with Gasteiger partial charge in [-0.15, -0.1) is 0 Å². The van der Waals surface area contributed by atoms with E-state index in [4.69, 9.17) is 9.63 Å². The van der Waals surface area contributed by atoms with Gasteiger partial charge in [-0.3, -0.25) is 0 Å². The number of aryl methyl sites for hydroxylation is 2. The zero-order chi connectivity index (χ0) is 13.3. The van der Waals surface area contributed by atoms with E-state index in [2.05, 4.69) is 10.5 Å². The van der Waals surface area contributed by atoms with Crippen molar-refractivity contribution < 1.29 is 19.8 Å². The van der Waals surface area contributed by atoms with Gasteiger partial charge in [-0.25, -0.2) is 0 Å². The van der Waals surface area contributed by atoms with E-state index in [0.717, 1.165) is 17.0 Å². The second-order valence-electron chi connectivity index (χ2n) is 4.95. The Balaban J connectivity index is 1.95. The summed E-state index contributed by atoms with van der Waals surface area (Å²) in [5.74, 6) is 0.494. The summed E-state index contributed by atoms with van der Waals surface area (Å²) in [7, 11) is 0. The van der Waals surface area contributed by atoms with Gasteiger partial charge in [0.05, 0.1) is 17.9 Å². The van der Waals surface area contributed by atoms with Crippen LogP contribution >= 0.6 is 0 Å². The number of aromatic nitrogens is 1. The molecule has 0 bridgehead atoms. The Labute approximate surface area is 106 Å². The number of nitrogens with one attached hydrogen (secondary N) is 1. The maximum atomic E-state index is 9.86. The van der Waals surface area contributed by atoms with Crippen LogP contribution in [0.15, 0.2) is 4.52 Å². The number of aliphatic hydroxyl groups excluding tert-OH is 3. The lowest BCUT2D eigenvalue weighted by Gasteiger charge is -2.17. The van der Waals surface area contributed by atoms with E-state index in [1.165, 1.54) is 0 Å². The van der Waals surface area contributed by atoms with Crippen LogP contribution in [0.4, 0.5) is 0 Å². The van der Waals surface area contributed by atoms with Crippen molar-refractivity contribution in [3.8, 4) is 0 Å². The Morgan fingerprint density at radius 1 is 1.33 bits per heavy atom. The first-order valence-corrected chi connectivity index (χ1v) is 6.16. The molecule has 1 aliphatic carbocycles. The first-order chi connectivity index (χ1) is 8.54. The van der Waals surface area contributed by atoms with E-state index in [1.807, 2.05) is 13.8 Å². The van der Waals surface area contributed by atoms with Crippen molar-refractivity contribution >= 4 is 0 Å². The van der Waals surface area contributed by atoms with Crippen LogP contribution in [0.1, 0.15) is 23.4 Å². The summed E-state index contributed by atoms with van der Waals surface area (Å²) in [6.07, 6.45) is -1.15. The third-order valence-electron chi connectivity index (χ3n) is 3.76. The molecule has 6 nitrogen and oxygen atoms in total. The highest BCUT2D eigenvalue weighted by molar-refractivity contribution is 5.20. The number of hydrogen-bond acceptors (Lipinski definition) is 6. The third kappa shape index (κ3) is 2.42. The van der Waals surface area contributed by atoms with E-state index in [-0.39, 0.29) is 18.6 Å². The molecule has 1 heterocycles. The molecule has 0 unspecified atom stereocenters. The molecule has 1 aromatic rings. The molecule has 4 N–H and O–H groups in total. The smallest absolute Gasteiger partial charge is 0.138 e. The highest BCUT2D eigenvalue weighted by atomic mass is 16.5. The van der Waals surface area contributed by atoms with Crippen LogP contribution < -0.4 is 5.32 Å². The number of hydrogen-bond donors (Lipinski definition) is 4. The standard InChI is InChI=1S/C12H20N2O4/c1-6-9(7(2)18-14-6)4-13-10-3-8(5-15)11(16)12(10)17/h8,10-13,15-17H,3-5H2,1-2H3/t8-,10-,11-,12+/m1/s1. The maximum absolute atomic E-state index is 9.86. The molecule has 0 aromatic carbocycles. The van der Waals surface area contributed by atoms with Gasteiger partial charge in [0.1, 0.15) is 5.76 Å². The summed E-state index contributed by atoms with van der Waals surface area (Å²) in [6.45, 7) is 4.13. The Kier molecular flexibility index (Phi) is 4.01. The van der Waals surface area contributed by atoms with Crippen molar-refractivity contribution in [2.75, 3.05) is 6.61 Å². The molecule has 1 fully saturated rings. The predicted molar refractivity (Wildman–Crippen MR) is 63.8 cm³/mol. The Morgan fingerprint density at radius 2 is 2.06 bits per heavy atom. The molecule has 0 amide bonds. The fourth-order valence-corrected chi connectivity index (χ4v) is 2.50. The average molecular weight is 256 g/mol.